The van der Waals surface area contributed by atoms with Gasteiger partial charge in [-0.1, -0.05) is 27.7 Å². The van der Waals surface area contributed by atoms with Crippen molar-refractivity contribution in [1.29, 1.82) is 0 Å². The Morgan fingerprint density at radius 3 is 0.724 bits per heavy atom. The summed E-state index contributed by atoms with van der Waals surface area (Å²) in [5.74, 6) is 0. The van der Waals surface area contributed by atoms with Crippen LogP contribution in [0.3, 0.4) is 0 Å². The SMILES string of the molecule is CC[C@@H](CO)NCCN[C@@H](CC)CO.CC[C@@H](CO)NCCN[C@@H](CC)CO.Cl. The van der Waals surface area contributed by atoms with Gasteiger partial charge in [-0.2, -0.15) is 0 Å². The molecule has 0 aromatic heterocycles. The van der Waals surface area contributed by atoms with Gasteiger partial charge in [0.1, 0.15) is 0 Å². The van der Waals surface area contributed by atoms with E-state index in [0.29, 0.717) is 0 Å². The summed E-state index contributed by atoms with van der Waals surface area (Å²) in [6.45, 7) is 12.3. The maximum Gasteiger partial charge on any atom is 0.0584 e. The molecule has 8 nitrogen and oxygen atoms in total. The van der Waals surface area contributed by atoms with Crippen molar-refractivity contribution in [2.24, 2.45) is 0 Å². The van der Waals surface area contributed by atoms with Gasteiger partial charge in [-0.15, -0.1) is 12.4 Å². The average molecular weight is 445 g/mol. The smallest absolute Gasteiger partial charge is 0.0584 e. The Bertz CT molecular complexity index is 236. The van der Waals surface area contributed by atoms with E-state index >= 15 is 0 Å². The standard InChI is InChI=1S/2C10H24N2O2.ClH/c2*1-3-9(7-13)11-5-6-12-10(4-2)8-14;/h2*9-14H,3-8H2,1-2H3;1H/t2*9-,10-;/m00./s1. The quantitative estimate of drug-likeness (QED) is 0.137. The van der Waals surface area contributed by atoms with Crippen LogP contribution in [0.2, 0.25) is 0 Å². The third kappa shape index (κ3) is 21.0. The lowest BCUT2D eigenvalue weighted by atomic mass is 10.2. The van der Waals surface area contributed by atoms with E-state index < -0.39 is 0 Å². The van der Waals surface area contributed by atoms with Crippen molar-refractivity contribution in [3.63, 3.8) is 0 Å². The average Bonchev–Trinajstić information content (AvgIpc) is 2.74. The molecule has 0 bridgehead atoms. The summed E-state index contributed by atoms with van der Waals surface area (Å²) in [4.78, 5) is 0. The molecule has 0 aliphatic carbocycles. The van der Waals surface area contributed by atoms with E-state index in [1.54, 1.807) is 0 Å². The van der Waals surface area contributed by atoms with Gasteiger partial charge in [0, 0.05) is 50.3 Å². The van der Waals surface area contributed by atoms with Crippen molar-refractivity contribution in [3.8, 4) is 0 Å². The third-order valence-corrected chi connectivity index (χ3v) is 4.83. The predicted molar refractivity (Wildman–Crippen MR) is 124 cm³/mol. The molecule has 0 aliphatic heterocycles. The van der Waals surface area contributed by atoms with Gasteiger partial charge in [0.15, 0.2) is 0 Å². The molecule has 0 unspecified atom stereocenters. The zero-order valence-corrected chi connectivity index (χ0v) is 19.8. The Balaban J connectivity index is -0.000000451. The number of hydrogen-bond donors (Lipinski definition) is 8. The van der Waals surface area contributed by atoms with Gasteiger partial charge in [-0.05, 0) is 25.7 Å². The first kappa shape index (κ1) is 33.6. The highest BCUT2D eigenvalue weighted by Gasteiger charge is 2.05. The normalized spacial score (nSPS) is 14.9. The monoisotopic (exact) mass is 444 g/mol. The Morgan fingerprint density at radius 1 is 0.448 bits per heavy atom. The van der Waals surface area contributed by atoms with Gasteiger partial charge < -0.3 is 41.7 Å². The molecule has 0 spiro atoms. The molecule has 0 heterocycles. The number of halogens is 1. The van der Waals surface area contributed by atoms with Crippen LogP contribution in [-0.2, 0) is 0 Å². The molecule has 0 aromatic rings. The molecule has 9 heteroatoms. The van der Waals surface area contributed by atoms with Crippen LogP contribution < -0.4 is 21.3 Å². The molecule has 8 N–H and O–H groups in total. The zero-order chi connectivity index (χ0) is 21.6. The predicted octanol–water partition coefficient (Wildman–Crippen LogP) is -0.163. The molecule has 0 saturated heterocycles. The Morgan fingerprint density at radius 2 is 0.621 bits per heavy atom. The molecule has 0 rings (SSSR count). The number of aliphatic hydroxyl groups excluding tert-OH is 4. The summed E-state index contributed by atoms with van der Waals surface area (Å²) in [6.07, 6.45) is 3.75. The van der Waals surface area contributed by atoms with Crippen LogP contribution >= 0.6 is 12.4 Å². The van der Waals surface area contributed by atoms with E-state index in [1.807, 2.05) is 27.7 Å². The van der Waals surface area contributed by atoms with E-state index in [0.717, 1.165) is 51.9 Å². The van der Waals surface area contributed by atoms with Gasteiger partial charge in [0.25, 0.3) is 0 Å². The first-order valence-electron chi connectivity index (χ1n) is 10.9. The van der Waals surface area contributed by atoms with E-state index in [-0.39, 0.29) is 63.0 Å². The van der Waals surface area contributed by atoms with Crippen molar-refractivity contribution in [2.75, 3.05) is 52.6 Å². The van der Waals surface area contributed by atoms with Gasteiger partial charge in [0.2, 0.25) is 0 Å². The Kier molecular flexibility index (Phi) is 30.1. The molecule has 0 aliphatic rings. The summed E-state index contributed by atoms with van der Waals surface area (Å²) in [5, 5.41) is 48.5. The molecule has 29 heavy (non-hydrogen) atoms. The molecule has 4 atom stereocenters. The number of hydrogen-bond acceptors (Lipinski definition) is 8. The fourth-order valence-electron chi connectivity index (χ4n) is 2.46. The minimum Gasteiger partial charge on any atom is -0.395 e. The maximum atomic E-state index is 8.90. The van der Waals surface area contributed by atoms with Crippen LogP contribution in [0, 0.1) is 0 Å². The van der Waals surface area contributed by atoms with Gasteiger partial charge in [0.05, 0.1) is 26.4 Å². The maximum absolute atomic E-state index is 8.90. The Hall–Kier alpha value is -0.0300. The van der Waals surface area contributed by atoms with Crippen molar-refractivity contribution in [1.82, 2.24) is 21.3 Å². The summed E-state index contributed by atoms with van der Waals surface area (Å²) in [6, 6.07) is 0.800. The lowest BCUT2D eigenvalue weighted by Crippen LogP contribution is -2.40. The van der Waals surface area contributed by atoms with Crippen LogP contribution in [0.1, 0.15) is 53.4 Å². The zero-order valence-electron chi connectivity index (χ0n) is 19.0. The number of nitrogens with one attached hydrogen (secondary N) is 4. The molecule has 0 amide bonds. The summed E-state index contributed by atoms with van der Waals surface area (Å²) in [7, 11) is 0. The minimum absolute atomic E-state index is 0. The molecule has 0 radical (unpaired) electrons. The topological polar surface area (TPSA) is 129 Å². The van der Waals surface area contributed by atoms with Gasteiger partial charge in [-0.3, -0.25) is 0 Å². The second kappa shape index (κ2) is 26.0. The number of aliphatic hydroxyl groups is 4. The fraction of sp³-hybridized carbons (Fsp3) is 1.00. The van der Waals surface area contributed by atoms with E-state index in [2.05, 4.69) is 21.3 Å². The van der Waals surface area contributed by atoms with E-state index in [1.165, 1.54) is 0 Å². The van der Waals surface area contributed by atoms with Crippen molar-refractivity contribution < 1.29 is 20.4 Å². The lowest BCUT2D eigenvalue weighted by Gasteiger charge is -2.17. The van der Waals surface area contributed by atoms with Gasteiger partial charge >= 0.3 is 0 Å². The molecule has 0 saturated carbocycles. The minimum atomic E-state index is 0. The van der Waals surface area contributed by atoms with E-state index in [4.69, 9.17) is 20.4 Å². The summed E-state index contributed by atoms with van der Waals surface area (Å²) >= 11 is 0. The highest BCUT2D eigenvalue weighted by Crippen LogP contribution is 1.90. The largest absolute Gasteiger partial charge is 0.395 e. The van der Waals surface area contributed by atoms with Gasteiger partial charge in [-0.25, -0.2) is 0 Å². The second-order valence-electron chi connectivity index (χ2n) is 6.97. The highest BCUT2D eigenvalue weighted by molar-refractivity contribution is 5.85. The van der Waals surface area contributed by atoms with Crippen LogP contribution in [-0.4, -0.2) is 97.2 Å². The molecule has 180 valence electrons. The first-order chi connectivity index (χ1) is 13.6. The van der Waals surface area contributed by atoms with Crippen molar-refractivity contribution in [3.05, 3.63) is 0 Å². The third-order valence-electron chi connectivity index (χ3n) is 4.83. The van der Waals surface area contributed by atoms with Crippen LogP contribution in [0.5, 0.6) is 0 Å². The van der Waals surface area contributed by atoms with Crippen LogP contribution in [0.15, 0.2) is 0 Å². The molecule has 0 aromatic carbocycles. The van der Waals surface area contributed by atoms with E-state index in [9.17, 15) is 0 Å². The second-order valence-corrected chi connectivity index (χ2v) is 6.97. The van der Waals surface area contributed by atoms with Crippen molar-refractivity contribution >= 4 is 12.4 Å². The summed E-state index contributed by atoms with van der Waals surface area (Å²) in [5.41, 5.74) is 0. The van der Waals surface area contributed by atoms with Crippen LogP contribution in [0.25, 0.3) is 0 Å². The molecule has 0 fully saturated rings. The lowest BCUT2D eigenvalue weighted by molar-refractivity contribution is 0.229. The first-order valence-corrected chi connectivity index (χ1v) is 10.9. The molecular weight excluding hydrogens is 396 g/mol. The number of rotatable bonds is 18. The Labute approximate surface area is 184 Å². The molecular formula is C20H49ClN4O4. The van der Waals surface area contributed by atoms with Crippen LogP contribution in [0.4, 0.5) is 0 Å². The highest BCUT2D eigenvalue weighted by atomic mass is 35.5. The van der Waals surface area contributed by atoms with Crippen molar-refractivity contribution in [2.45, 2.75) is 77.5 Å². The summed E-state index contributed by atoms with van der Waals surface area (Å²) < 4.78 is 0. The fourth-order valence-corrected chi connectivity index (χ4v) is 2.46.